The van der Waals surface area contributed by atoms with Crippen molar-refractivity contribution in [3.8, 4) is 0 Å². The lowest BCUT2D eigenvalue weighted by Crippen LogP contribution is -2.51. The first kappa shape index (κ1) is 20.1. The molecule has 0 aromatic carbocycles. The fourth-order valence-corrected chi connectivity index (χ4v) is 5.50. The van der Waals surface area contributed by atoms with E-state index >= 15 is 0 Å². The molecule has 0 radical (unpaired) electrons. The van der Waals surface area contributed by atoms with Crippen LogP contribution in [-0.4, -0.2) is 81.8 Å². The summed E-state index contributed by atoms with van der Waals surface area (Å²) in [5.74, 6) is 0.266. The summed E-state index contributed by atoms with van der Waals surface area (Å²) >= 11 is 0. The largest absolute Gasteiger partial charge is 0.317 e. The normalized spacial score (nSPS) is 22.2. The van der Waals surface area contributed by atoms with Gasteiger partial charge in [0.15, 0.2) is 0 Å². The maximum absolute atomic E-state index is 13.0. The molecule has 0 bridgehead atoms. The van der Waals surface area contributed by atoms with E-state index in [4.69, 9.17) is 0 Å². The van der Waals surface area contributed by atoms with E-state index in [1.165, 1.54) is 0 Å². The first-order chi connectivity index (χ1) is 11.3. The summed E-state index contributed by atoms with van der Waals surface area (Å²) in [4.78, 5) is 2.38. The van der Waals surface area contributed by atoms with Crippen LogP contribution in [0.25, 0.3) is 0 Å². The van der Waals surface area contributed by atoms with Gasteiger partial charge in [-0.2, -0.15) is 4.31 Å². The molecule has 2 N–H and O–H groups in total. The van der Waals surface area contributed by atoms with Gasteiger partial charge >= 0.3 is 0 Å². The highest BCUT2D eigenvalue weighted by Gasteiger charge is 2.32. The molecule has 0 spiro atoms. The van der Waals surface area contributed by atoms with E-state index in [0.717, 1.165) is 58.7 Å². The number of rotatable bonds is 7. The maximum Gasteiger partial charge on any atom is 0.214 e. The molecule has 0 unspecified atom stereocenters. The quantitative estimate of drug-likeness (QED) is 0.700. The molecule has 0 saturated carbocycles. The van der Waals surface area contributed by atoms with Crippen LogP contribution >= 0.6 is 0 Å². The molecule has 2 heterocycles. The van der Waals surface area contributed by atoms with Gasteiger partial charge in [0, 0.05) is 45.3 Å². The number of hydrogen-bond acceptors (Lipinski definition) is 5. The molecular formula is C17H36N4O2S. The highest BCUT2D eigenvalue weighted by molar-refractivity contribution is 7.89. The Morgan fingerprint density at radius 2 is 1.62 bits per heavy atom. The van der Waals surface area contributed by atoms with E-state index < -0.39 is 10.0 Å². The molecule has 0 atom stereocenters. The first-order valence-electron chi connectivity index (χ1n) is 9.41. The zero-order valence-electron chi connectivity index (χ0n) is 15.7. The average molecular weight is 361 g/mol. The van der Waals surface area contributed by atoms with Gasteiger partial charge in [0.2, 0.25) is 10.0 Å². The lowest BCUT2D eigenvalue weighted by molar-refractivity contribution is 0.195. The topological polar surface area (TPSA) is 64.7 Å². The van der Waals surface area contributed by atoms with Gasteiger partial charge in [0.05, 0.1) is 5.75 Å². The molecule has 142 valence electrons. The van der Waals surface area contributed by atoms with E-state index in [1.807, 2.05) is 4.31 Å². The standard InChI is InChI=1S/C17H36N4O2S/c1-17(2,3)6-15-24(22,23)21(16-4-7-18-8-5-16)14-13-20-11-9-19-10-12-20/h16,18-19H,4-15H2,1-3H3. The Labute approximate surface area is 148 Å². The van der Waals surface area contributed by atoms with Crippen LogP contribution in [-0.2, 0) is 10.0 Å². The van der Waals surface area contributed by atoms with Gasteiger partial charge in [-0.1, -0.05) is 20.8 Å². The molecule has 0 aromatic rings. The van der Waals surface area contributed by atoms with Crippen molar-refractivity contribution in [2.24, 2.45) is 5.41 Å². The van der Waals surface area contributed by atoms with Crippen LogP contribution in [0, 0.1) is 5.41 Å². The third-order valence-electron chi connectivity index (χ3n) is 5.03. The zero-order valence-corrected chi connectivity index (χ0v) is 16.5. The molecule has 0 aliphatic carbocycles. The Hall–Kier alpha value is -0.210. The molecular weight excluding hydrogens is 324 g/mol. The molecule has 2 fully saturated rings. The molecule has 6 nitrogen and oxygen atoms in total. The predicted octanol–water partition coefficient (Wildman–Crippen LogP) is 0.712. The van der Waals surface area contributed by atoms with Crippen LogP contribution in [0.15, 0.2) is 0 Å². The summed E-state index contributed by atoms with van der Waals surface area (Å²) in [6.07, 6.45) is 2.57. The molecule has 24 heavy (non-hydrogen) atoms. The second-order valence-electron chi connectivity index (χ2n) is 8.31. The van der Waals surface area contributed by atoms with Gasteiger partial charge in [-0.3, -0.25) is 4.90 Å². The second kappa shape index (κ2) is 8.94. The van der Waals surface area contributed by atoms with Crippen molar-refractivity contribution in [1.82, 2.24) is 19.8 Å². The summed E-state index contributed by atoms with van der Waals surface area (Å²) in [6.45, 7) is 13.7. The fraction of sp³-hybridized carbons (Fsp3) is 1.00. The molecule has 0 amide bonds. The van der Waals surface area contributed by atoms with E-state index in [0.29, 0.717) is 13.0 Å². The number of piperazine rings is 1. The minimum absolute atomic E-state index is 0.0470. The number of nitrogens with zero attached hydrogens (tertiary/aromatic N) is 2. The number of nitrogens with one attached hydrogen (secondary N) is 2. The third-order valence-corrected chi connectivity index (χ3v) is 6.94. The highest BCUT2D eigenvalue weighted by Crippen LogP contribution is 2.23. The van der Waals surface area contributed by atoms with Crippen molar-refractivity contribution in [3.05, 3.63) is 0 Å². The monoisotopic (exact) mass is 360 g/mol. The fourth-order valence-electron chi connectivity index (χ4n) is 3.37. The third kappa shape index (κ3) is 6.59. The summed E-state index contributed by atoms with van der Waals surface area (Å²) in [5.41, 5.74) is 0.0470. The molecule has 2 saturated heterocycles. The molecule has 7 heteroatoms. The summed E-state index contributed by atoms with van der Waals surface area (Å²) in [7, 11) is -3.19. The van der Waals surface area contributed by atoms with Gasteiger partial charge in [-0.05, 0) is 37.8 Å². The summed E-state index contributed by atoms with van der Waals surface area (Å²) < 4.78 is 27.9. The lowest BCUT2D eigenvalue weighted by Gasteiger charge is -2.36. The van der Waals surface area contributed by atoms with Crippen molar-refractivity contribution < 1.29 is 8.42 Å². The van der Waals surface area contributed by atoms with Crippen molar-refractivity contribution >= 4 is 10.0 Å². The van der Waals surface area contributed by atoms with Crippen LogP contribution in [0.2, 0.25) is 0 Å². The Balaban J connectivity index is 2.00. The van der Waals surface area contributed by atoms with E-state index in [-0.39, 0.29) is 17.2 Å². The zero-order chi connectivity index (χ0) is 17.6. The van der Waals surface area contributed by atoms with Crippen molar-refractivity contribution in [2.75, 3.05) is 58.1 Å². The van der Waals surface area contributed by atoms with Crippen LogP contribution in [0.1, 0.15) is 40.0 Å². The van der Waals surface area contributed by atoms with Crippen molar-refractivity contribution in [1.29, 1.82) is 0 Å². The minimum atomic E-state index is -3.19. The molecule has 2 rings (SSSR count). The van der Waals surface area contributed by atoms with Crippen molar-refractivity contribution in [2.45, 2.75) is 46.1 Å². The Kier molecular flexibility index (Phi) is 7.49. The van der Waals surface area contributed by atoms with Gasteiger partial charge in [-0.15, -0.1) is 0 Å². The summed E-state index contributed by atoms with van der Waals surface area (Å²) in [5, 5.41) is 6.69. The number of hydrogen-bond donors (Lipinski definition) is 2. The summed E-state index contributed by atoms with van der Waals surface area (Å²) in [6, 6.07) is 0.166. The van der Waals surface area contributed by atoms with Crippen LogP contribution in [0.3, 0.4) is 0 Å². The van der Waals surface area contributed by atoms with Crippen LogP contribution in [0.4, 0.5) is 0 Å². The minimum Gasteiger partial charge on any atom is -0.317 e. The van der Waals surface area contributed by atoms with Crippen molar-refractivity contribution in [3.63, 3.8) is 0 Å². The van der Waals surface area contributed by atoms with E-state index in [2.05, 4.69) is 36.3 Å². The average Bonchev–Trinajstić information content (AvgIpc) is 2.54. The Morgan fingerprint density at radius 1 is 1.04 bits per heavy atom. The highest BCUT2D eigenvalue weighted by atomic mass is 32.2. The van der Waals surface area contributed by atoms with Gasteiger partial charge in [0.1, 0.15) is 0 Å². The van der Waals surface area contributed by atoms with E-state index in [9.17, 15) is 8.42 Å². The molecule has 2 aliphatic rings. The molecule has 2 aliphatic heterocycles. The Morgan fingerprint density at radius 3 is 2.21 bits per heavy atom. The maximum atomic E-state index is 13.0. The van der Waals surface area contributed by atoms with Gasteiger partial charge < -0.3 is 10.6 Å². The first-order valence-corrected chi connectivity index (χ1v) is 11.0. The van der Waals surface area contributed by atoms with Gasteiger partial charge in [-0.25, -0.2) is 8.42 Å². The smallest absolute Gasteiger partial charge is 0.214 e. The van der Waals surface area contributed by atoms with E-state index in [1.54, 1.807) is 0 Å². The Bertz CT molecular complexity index is 463. The van der Waals surface area contributed by atoms with Crippen LogP contribution in [0.5, 0.6) is 0 Å². The SMILES string of the molecule is CC(C)(C)CCS(=O)(=O)N(CCN1CCNCC1)C1CCNCC1. The number of sulfonamides is 1. The molecule has 0 aromatic heterocycles. The van der Waals surface area contributed by atoms with Crippen LogP contribution < -0.4 is 10.6 Å². The lowest BCUT2D eigenvalue weighted by atomic mass is 9.94. The number of piperidine rings is 1. The second-order valence-corrected chi connectivity index (χ2v) is 10.4. The predicted molar refractivity (Wildman–Crippen MR) is 99.8 cm³/mol. The van der Waals surface area contributed by atoms with Gasteiger partial charge in [0.25, 0.3) is 0 Å².